The molecule has 0 bridgehead atoms. The molecule has 0 radical (unpaired) electrons. The zero-order valence-electron chi connectivity index (χ0n) is 8.08. The van der Waals surface area contributed by atoms with Crippen molar-refractivity contribution in [2.24, 2.45) is 11.7 Å². The summed E-state index contributed by atoms with van der Waals surface area (Å²) in [6, 6.07) is -0.444. The van der Waals surface area contributed by atoms with Crippen LogP contribution in [0, 0.1) is 5.92 Å². The second kappa shape index (κ2) is 5.07. The van der Waals surface area contributed by atoms with Crippen LogP contribution in [0.2, 0.25) is 0 Å². The van der Waals surface area contributed by atoms with Crippen molar-refractivity contribution in [2.75, 3.05) is 13.7 Å². The molecular weight excluding hydrogens is 168 g/mol. The van der Waals surface area contributed by atoms with Crippen LogP contribution in [0.25, 0.3) is 0 Å². The van der Waals surface area contributed by atoms with Crippen LogP contribution in [-0.2, 0) is 4.74 Å². The Morgan fingerprint density at radius 2 is 2.23 bits per heavy atom. The number of carbonyl (C=O) groups is 1. The van der Waals surface area contributed by atoms with Crippen LogP contribution in [0.15, 0.2) is 0 Å². The van der Waals surface area contributed by atoms with Gasteiger partial charge >= 0.3 is 6.03 Å². The molecule has 0 heterocycles. The molecule has 0 aromatic carbocycles. The minimum Gasteiger partial charge on any atom is -0.381 e. The first-order valence-electron chi connectivity index (χ1n) is 4.80. The van der Waals surface area contributed by atoms with Gasteiger partial charge in [0.1, 0.15) is 0 Å². The summed E-state index contributed by atoms with van der Waals surface area (Å²) in [5, 5.41) is 2.64. The van der Waals surface area contributed by atoms with Crippen LogP contribution in [0.5, 0.6) is 0 Å². The number of rotatable bonds is 3. The molecular formula is C9H18N2O2. The number of hydrogen-bond donors (Lipinski definition) is 2. The average Bonchev–Trinajstić information content (AvgIpc) is 2.15. The van der Waals surface area contributed by atoms with E-state index in [0.29, 0.717) is 18.6 Å². The number of amides is 2. The first kappa shape index (κ1) is 10.3. The normalized spacial score (nSPS) is 28.4. The van der Waals surface area contributed by atoms with E-state index in [4.69, 9.17) is 10.5 Å². The summed E-state index contributed by atoms with van der Waals surface area (Å²) >= 11 is 0. The SMILES string of the molecule is CO[C@@H]1CCCC[C@@H]1CNC(N)=O. The molecule has 0 aromatic rings. The highest BCUT2D eigenvalue weighted by atomic mass is 16.5. The molecule has 1 fully saturated rings. The number of ether oxygens (including phenoxy) is 1. The molecule has 0 aromatic heterocycles. The fraction of sp³-hybridized carbons (Fsp3) is 0.889. The van der Waals surface area contributed by atoms with Crippen molar-refractivity contribution in [1.82, 2.24) is 5.32 Å². The van der Waals surface area contributed by atoms with Gasteiger partial charge < -0.3 is 15.8 Å². The van der Waals surface area contributed by atoms with Gasteiger partial charge in [0.2, 0.25) is 0 Å². The first-order valence-corrected chi connectivity index (χ1v) is 4.80. The van der Waals surface area contributed by atoms with Crippen LogP contribution in [0.3, 0.4) is 0 Å². The van der Waals surface area contributed by atoms with Crippen molar-refractivity contribution in [3.8, 4) is 0 Å². The molecule has 3 N–H and O–H groups in total. The lowest BCUT2D eigenvalue weighted by molar-refractivity contribution is 0.0251. The molecule has 1 aliphatic rings. The zero-order chi connectivity index (χ0) is 9.68. The Kier molecular flexibility index (Phi) is 4.02. The van der Waals surface area contributed by atoms with Crippen LogP contribution in [-0.4, -0.2) is 25.8 Å². The van der Waals surface area contributed by atoms with Crippen LogP contribution in [0.4, 0.5) is 4.79 Å². The van der Waals surface area contributed by atoms with Gasteiger partial charge in [-0.15, -0.1) is 0 Å². The van der Waals surface area contributed by atoms with Crippen molar-refractivity contribution in [3.05, 3.63) is 0 Å². The molecule has 0 unspecified atom stereocenters. The average molecular weight is 186 g/mol. The summed E-state index contributed by atoms with van der Waals surface area (Å²) in [6.07, 6.45) is 4.97. The monoisotopic (exact) mass is 186 g/mol. The van der Waals surface area contributed by atoms with Gasteiger partial charge in [-0.1, -0.05) is 12.8 Å². The van der Waals surface area contributed by atoms with Gasteiger partial charge in [-0.2, -0.15) is 0 Å². The quantitative estimate of drug-likeness (QED) is 0.686. The van der Waals surface area contributed by atoms with Gasteiger partial charge in [0.25, 0.3) is 0 Å². The summed E-state index contributed by atoms with van der Waals surface area (Å²) in [7, 11) is 1.73. The lowest BCUT2D eigenvalue weighted by Gasteiger charge is -2.30. The van der Waals surface area contributed by atoms with E-state index in [0.717, 1.165) is 12.8 Å². The Hall–Kier alpha value is -0.770. The second-order valence-corrected chi connectivity index (χ2v) is 3.56. The molecule has 0 spiro atoms. The van der Waals surface area contributed by atoms with Gasteiger partial charge in [0.05, 0.1) is 6.10 Å². The van der Waals surface area contributed by atoms with Gasteiger partial charge in [-0.05, 0) is 12.8 Å². The van der Waals surface area contributed by atoms with Gasteiger partial charge in [-0.25, -0.2) is 4.79 Å². The lowest BCUT2D eigenvalue weighted by atomic mass is 9.86. The molecule has 4 nitrogen and oxygen atoms in total. The van der Waals surface area contributed by atoms with Crippen molar-refractivity contribution < 1.29 is 9.53 Å². The van der Waals surface area contributed by atoms with E-state index in [2.05, 4.69) is 5.32 Å². The van der Waals surface area contributed by atoms with Crippen molar-refractivity contribution in [1.29, 1.82) is 0 Å². The molecule has 4 heteroatoms. The maximum Gasteiger partial charge on any atom is 0.312 e. The van der Waals surface area contributed by atoms with E-state index in [1.807, 2.05) is 0 Å². The Balaban J connectivity index is 2.31. The number of hydrogen-bond acceptors (Lipinski definition) is 2. The Labute approximate surface area is 78.8 Å². The number of primary amides is 1. The summed E-state index contributed by atoms with van der Waals surface area (Å²) in [5.41, 5.74) is 5.01. The third-order valence-corrected chi connectivity index (χ3v) is 2.68. The molecule has 2 atom stereocenters. The second-order valence-electron chi connectivity index (χ2n) is 3.56. The summed E-state index contributed by atoms with van der Waals surface area (Å²) < 4.78 is 5.34. The molecule has 2 amide bonds. The maximum absolute atomic E-state index is 10.5. The number of carbonyl (C=O) groups excluding carboxylic acids is 1. The molecule has 0 saturated heterocycles. The van der Waals surface area contributed by atoms with Crippen molar-refractivity contribution in [2.45, 2.75) is 31.8 Å². The third-order valence-electron chi connectivity index (χ3n) is 2.68. The van der Waals surface area contributed by atoms with E-state index < -0.39 is 6.03 Å². The summed E-state index contributed by atoms with van der Waals surface area (Å²) in [5.74, 6) is 0.436. The minimum atomic E-state index is -0.444. The number of nitrogens with two attached hydrogens (primary N) is 1. The highest BCUT2D eigenvalue weighted by molar-refractivity contribution is 5.71. The topological polar surface area (TPSA) is 64.3 Å². The highest BCUT2D eigenvalue weighted by Crippen LogP contribution is 2.25. The fourth-order valence-electron chi connectivity index (χ4n) is 1.95. The van der Waals surface area contributed by atoms with Crippen molar-refractivity contribution >= 4 is 6.03 Å². The molecule has 1 saturated carbocycles. The third kappa shape index (κ3) is 3.22. The predicted octanol–water partition coefficient (Wildman–Crippen LogP) is 0.860. The van der Waals surface area contributed by atoms with E-state index in [1.165, 1.54) is 12.8 Å². The minimum absolute atomic E-state index is 0.292. The van der Waals surface area contributed by atoms with E-state index in [-0.39, 0.29) is 0 Å². The summed E-state index contributed by atoms with van der Waals surface area (Å²) in [6.45, 7) is 0.647. The predicted molar refractivity (Wildman–Crippen MR) is 50.3 cm³/mol. The molecule has 1 aliphatic carbocycles. The van der Waals surface area contributed by atoms with E-state index >= 15 is 0 Å². The van der Waals surface area contributed by atoms with Gasteiger partial charge in [0.15, 0.2) is 0 Å². The molecule has 13 heavy (non-hydrogen) atoms. The lowest BCUT2D eigenvalue weighted by Crippen LogP contribution is -2.39. The van der Waals surface area contributed by atoms with E-state index in [1.54, 1.807) is 7.11 Å². The largest absolute Gasteiger partial charge is 0.381 e. The molecule has 1 rings (SSSR count). The first-order chi connectivity index (χ1) is 6.24. The molecule has 76 valence electrons. The fourth-order valence-corrected chi connectivity index (χ4v) is 1.95. The zero-order valence-corrected chi connectivity index (χ0v) is 8.08. The standard InChI is InChI=1S/C9H18N2O2/c1-13-8-5-3-2-4-7(8)6-11-9(10)12/h7-8H,2-6H2,1H3,(H3,10,11,12)/t7-,8-/m1/s1. The Morgan fingerprint density at radius 1 is 1.54 bits per heavy atom. The summed E-state index contributed by atoms with van der Waals surface area (Å²) in [4.78, 5) is 10.5. The molecule has 0 aliphatic heterocycles. The maximum atomic E-state index is 10.5. The number of methoxy groups -OCH3 is 1. The van der Waals surface area contributed by atoms with Crippen LogP contribution in [0.1, 0.15) is 25.7 Å². The van der Waals surface area contributed by atoms with Gasteiger partial charge in [0, 0.05) is 19.6 Å². The number of urea groups is 1. The Morgan fingerprint density at radius 3 is 2.85 bits per heavy atom. The van der Waals surface area contributed by atoms with Crippen molar-refractivity contribution in [3.63, 3.8) is 0 Å². The highest BCUT2D eigenvalue weighted by Gasteiger charge is 2.24. The Bertz CT molecular complexity index is 173. The number of nitrogens with one attached hydrogen (secondary N) is 1. The van der Waals surface area contributed by atoms with Crippen LogP contribution >= 0.6 is 0 Å². The smallest absolute Gasteiger partial charge is 0.312 e. The van der Waals surface area contributed by atoms with E-state index in [9.17, 15) is 4.79 Å². The van der Waals surface area contributed by atoms with Gasteiger partial charge in [-0.3, -0.25) is 0 Å². The van der Waals surface area contributed by atoms with Crippen LogP contribution < -0.4 is 11.1 Å².